The topological polar surface area (TPSA) is 192 Å². The molecule has 35 heavy (non-hydrogen) atoms. The molecule has 0 aliphatic carbocycles. The minimum atomic E-state index is -1.61. The minimum absolute atomic E-state index is 0.118. The lowest BCUT2D eigenvalue weighted by atomic mass is 9.97. The van der Waals surface area contributed by atoms with E-state index in [9.17, 15) is 24.3 Å². The summed E-state index contributed by atoms with van der Waals surface area (Å²) >= 11 is 0. The number of aliphatic carboxylic acids is 2. The Morgan fingerprint density at radius 2 is 1.83 bits per heavy atom. The van der Waals surface area contributed by atoms with Gasteiger partial charge in [-0.15, -0.1) is 0 Å². The smallest absolute Gasteiger partial charge is 0.343 e. The van der Waals surface area contributed by atoms with Gasteiger partial charge in [0.25, 0.3) is 5.91 Å². The molecular formula is C24H26N4O7. The van der Waals surface area contributed by atoms with E-state index in [1.165, 1.54) is 12.1 Å². The van der Waals surface area contributed by atoms with Crippen molar-refractivity contribution in [3.63, 3.8) is 0 Å². The zero-order chi connectivity index (χ0) is 25.5. The number of hydrogen-bond donors (Lipinski definition) is 6. The number of benzene rings is 2. The first kappa shape index (κ1) is 25.2. The molecule has 0 fully saturated rings. The summed E-state index contributed by atoms with van der Waals surface area (Å²) in [6, 6.07) is 7.88. The average Bonchev–Trinajstić information content (AvgIpc) is 2.80. The van der Waals surface area contributed by atoms with Crippen LogP contribution < -0.4 is 21.1 Å². The largest absolute Gasteiger partial charge is 0.481 e. The van der Waals surface area contributed by atoms with Crippen LogP contribution in [0.4, 0.5) is 5.69 Å². The van der Waals surface area contributed by atoms with Crippen LogP contribution in [0.5, 0.6) is 5.75 Å². The molecule has 0 saturated carbocycles. The van der Waals surface area contributed by atoms with Crippen molar-refractivity contribution < 1.29 is 34.1 Å². The molecule has 1 atom stereocenters. The summed E-state index contributed by atoms with van der Waals surface area (Å²) < 4.78 is 5.67. The van der Waals surface area contributed by atoms with Crippen LogP contribution in [0.1, 0.15) is 57.5 Å². The van der Waals surface area contributed by atoms with Gasteiger partial charge in [-0.05, 0) is 61.6 Å². The number of hydrogen-bond acceptors (Lipinski definition) is 6. The van der Waals surface area contributed by atoms with Crippen LogP contribution in [-0.2, 0) is 22.4 Å². The highest BCUT2D eigenvalue weighted by Crippen LogP contribution is 2.29. The van der Waals surface area contributed by atoms with E-state index in [1.807, 2.05) is 0 Å². The monoisotopic (exact) mass is 482 g/mol. The second-order valence-electron chi connectivity index (χ2n) is 8.11. The lowest BCUT2D eigenvalue weighted by Gasteiger charge is -2.17. The Morgan fingerprint density at radius 1 is 1.09 bits per heavy atom. The van der Waals surface area contributed by atoms with Gasteiger partial charge in [-0.1, -0.05) is 12.5 Å². The van der Waals surface area contributed by atoms with Gasteiger partial charge in [0, 0.05) is 16.8 Å². The second kappa shape index (κ2) is 11.1. The number of anilines is 1. The molecule has 1 heterocycles. The molecule has 184 valence electrons. The summed E-state index contributed by atoms with van der Waals surface area (Å²) in [6.45, 7) is 0. The Balaban J connectivity index is 1.93. The third-order valence-electron chi connectivity index (χ3n) is 5.54. The molecule has 1 amide bonds. The standard InChI is InChI=1S/C24H26N4O7/c25-24(26)27-14-9-10-15-13(11-14)5-2-1-3-6-16-17(7-4-8-19(16)35-23(15)34)21(31)28-18(22(32)33)12-20(29)30/h4,7-11,18H,1-3,5-6,12H2,(H,28,31)(H,29,30)(H,32,33)(H4,25,26,27)/t18-/m0/s1. The molecule has 1 aliphatic rings. The Kier molecular flexibility index (Phi) is 8.03. The van der Waals surface area contributed by atoms with Crippen LogP contribution in [0.2, 0.25) is 0 Å². The van der Waals surface area contributed by atoms with Crippen LogP contribution in [-0.4, -0.2) is 46.0 Å². The molecule has 3 rings (SSSR count). The number of aryl methyl sites for hydroxylation is 1. The SMILES string of the molecule is N=C(N)Nc1ccc2c(c1)CCCCCc1c(cccc1C(=O)N[C@@H](CC(=O)O)C(=O)O)OC2=O. The molecule has 0 unspecified atom stereocenters. The lowest BCUT2D eigenvalue weighted by molar-refractivity contribution is -0.145. The van der Waals surface area contributed by atoms with E-state index in [1.54, 1.807) is 24.3 Å². The zero-order valence-corrected chi connectivity index (χ0v) is 18.8. The highest BCUT2D eigenvalue weighted by atomic mass is 16.5. The maximum Gasteiger partial charge on any atom is 0.343 e. The van der Waals surface area contributed by atoms with E-state index >= 15 is 0 Å². The van der Waals surface area contributed by atoms with Crippen molar-refractivity contribution in [3.05, 3.63) is 58.7 Å². The Hall–Kier alpha value is -4.41. The molecule has 0 spiro atoms. The van der Waals surface area contributed by atoms with E-state index < -0.39 is 36.3 Å². The number of nitrogens with two attached hydrogens (primary N) is 1. The fraction of sp³-hybridized carbons (Fsp3) is 0.292. The van der Waals surface area contributed by atoms with Gasteiger partial charge < -0.3 is 31.3 Å². The number of esters is 1. The molecule has 2 aromatic carbocycles. The Morgan fingerprint density at radius 3 is 2.51 bits per heavy atom. The van der Waals surface area contributed by atoms with Crippen molar-refractivity contribution in [2.24, 2.45) is 5.73 Å². The van der Waals surface area contributed by atoms with Gasteiger partial charge in [0.2, 0.25) is 0 Å². The average molecular weight is 482 g/mol. The van der Waals surface area contributed by atoms with Crippen molar-refractivity contribution in [1.82, 2.24) is 5.32 Å². The number of rotatable bonds is 6. The number of carbonyl (C=O) groups is 4. The van der Waals surface area contributed by atoms with E-state index in [4.69, 9.17) is 21.0 Å². The van der Waals surface area contributed by atoms with Crippen LogP contribution in [0.25, 0.3) is 0 Å². The number of carboxylic acid groups (broad SMARTS) is 2. The van der Waals surface area contributed by atoms with E-state index in [2.05, 4.69) is 10.6 Å². The van der Waals surface area contributed by atoms with Gasteiger partial charge in [-0.25, -0.2) is 9.59 Å². The van der Waals surface area contributed by atoms with Crippen molar-refractivity contribution in [2.75, 3.05) is 5.32 Å². The van der Waals surface area contributed by atoms with Crippen molar-refractivity contribution in [2.45, 2.75) is 44.6 Å². The first-order valence-electron chi connectivity index (χ1n) is 11.0. The molecule has 11 heteroatoms. The lowest BCUT2D eigenvalue weighted by Crippen LogP contribution is -2.42. The molecule has 2 aromatic rings. The van der Waals surface area contributed by atoms with Gasteiger partial charge in [0.15, 0.2) is 5.96 Å². The molecule has 0 bridgehead atoms. The normalized spacial score (nSPS) is 14.2. The maximum absolute atomic E-state index is 13.0. The third kappa shape index (κ3) is 6.56. The van der Waals surface area contributed by atoms with Gasteiger partial charge in [0.1, 0.15) is 11.8 Å². The van der Waals surface area contributed by atoms with Gasteiger partial charge >= 0.3 is 17.9 Å². The van der Waals surface area contributed by atoms with Gasteiger partial charge in [0.05, 0.1) is 12.0 Å². The van der Waals surface area contributed by atoms with Crippen LogP contribution >= 0.6 is 0 Å². The van der Waals surface area contributed by atoms with E-state index in [-0.39, 0.29) is 17.3 Å². The van der Waals surface area contributed by atoms with Crippen LogP contribution in [0.15, 0.2) is 36.4 Å². The predicted octanol–water partition coefficient (Wildman–Crippen LogP) is 2.14. The number of ether oxygens (including phenoxy) is 1. The van der Waals surface area contributed by atoms with Crippen molar-refractivity contribution in [3.8, 4) is 5.75 Å². The highest BCUT2D eigenvalue weighted by molar-refractivity contribution is 6.00. The maximum atomic E-state index is 13.0. The predicted molar refractivity (Wildman–Crippen MR) is 126 cm³/mol. The van der Waals surface area contributed by atoms with E-state index in [0.29, 0.717) is 36.1 Å². The van der Waals surface area contributed by atoms with Crippen LogP contribution in [0.3, 0.4) is 0 Å². The summed E-state index contributed by atoms with van der Waals surface area (Å²) in [5, 5.41) is 30.5. The van der Waals surface area contributed by atoms with Crippen molar-refractivity contribution in [1.29, 1.82) is 5.41 Å². The summed E-state index contributed by atoms with van der Waals surface area (Å²) in [7, 11) is 0. The third-order valence-corrected chi connectivity index (χ3v) is 5.54. The molecular weight excluding hydrogens is 456 g/mol. The van der Waals surface area contributed by atoms with Crippen LogP contribution in [0, 0.1) is 5.41 Å². The number of carbonyl (C=O) groups excluding carboxylic acids is 2. The molecule has 0 aromatic heterocycles. The Bertz CT molecular complexity index is 1180. The number of nitrogens with one attached hydrogen (secondary N) is 3. The first-order chi connectivity index (χ1) is 16.7. The number of fused-ring (bicyclic) bond motifs is 2. The van der Waals surface area contributed by atoms with E-state index in [0.717, 1.165) is 18.4 Å². The highest BCUT2D eigenvalue weighted by Gasteiger charge is 2.26. The number of guanidine groups is 1. The van der Waals surface area contributed by atoms with Crippen molar-refractivity contribution >= 4 is 35.5 Å². The second-order valence-corrected chi connectivity index (χ2v) is 8.11. The summed E-state index contributed by atoms with van der Waals surface area (Å²) in [5.74, 6) is -4.26. The summed E-state index contributed by atoms with van der Waals surface area (Å²) in [4.78, 5) is 48.3. The molecule has 7 N–H and O–H groups in total. The molecule has 0 radical (unpaired) electrons. The fourth-order valence-corrected chi connectivity index (χ4v) is 3.92. The molecule has 0 saturated heterocycles. The summed E-state index contributed by atoms with van der Waals surface area (Å²) in [5.41, 5.74) is 7.61. The van der Waals surface area contributed by atoms with Gasteiger partial charge in [-0.2, -0.15) is 0 Å². The number of carboxylic acids is 2. The van der Waals surface area contributed by atoms with Gasteiger partial charge in [-0.3, -0.25) is 15.0 Å². The molecule has 11 nitrogen and oxygen atoms in total. The fourth-order valence-electron chi connectivity index (χ4n) is 3.92. The number of amides is 1. The first-order valence-corrected chi connectivity index (χ1v) is 11.0. The summed E-state index contributed by atoms with van der Waals surface area (Å²) in [6.07, 6.45) is 2.43. The Labute approximate surface area is 200 Å². The quantitative estimate of drug-likeness (QED) is 0.155. The zero-order valence-electron chi connectivity index (χ0n) is 18.8. The molecule has 1 aliphatic heterocycles. The minimum Gasteiger partial charge on any atom is -0.481 e.